The molecule has 1 fully saturated rings. The molecule has 2 atom stereocenters. The molecule has 0 bridgehead atoms. The lowest BCUT2D eigenvalue weighted by Gasteiger charge is -2.33. The van der Waals surface area contributed by atoms with E-state index in [2.05, 4.69) is 5.32 Å². The van der Waals surface area contributed by atoms with Crippen LogP contribution in [0.25, 0.3) is 0 Å². The molecule has 29 heavy (non-hydrogen) atoms. The Kier molecular flexibility index (Phi) is 7.83. The molecule has 0 aromatic heterocycles. The zero-order chi connectivity index (χ0) is 21.8. The van der Waals surface area contributed by atoms with E-state index in [0.717, 1.165) is 24.7 Å². The second-order valence-corrected chi connectivity index (χ2v) is 11.1. The van der Waals surface area contributed by atoms with Crippen molar-refractivity contribution in [2.24, 2.45) is 0 Å². The predicted octanol–water partition coefficient (Wildman–Crippen LogP) is 1.71. The minimum Gasteiger partial charge on any atom is -0.348 e. The first-order valence-electron chi connectivity index (χ1n) is 9.89. The molecule has 1 N–H and O–H groups in total. The van der Waals surface area contributed by atoms with Gasteiger partial charge in [0.05, 0.1) is 17.2 Å². The Bertz CT molecular complexity index is 910. The largest absolute Gasteiger partial charge is 0.348 e. The highest BCUT2D eigenvalue weighted by Gasteiger charge is 2.35. The summed E-state index contributed by atoms with van der Waals surface area (Å²) >= 11 is 0. The van der Waals surface area contributed by atoms with Crippen molar-refractivity contribution in [2.45, 2.75) is 57.0 Å². The molecular weight excluding hydrogens is 414 g/mol. The summed E-state index contributed by atoms with van der Waals surface area (Å²) in [5.41, 5.74) is 0.749. The van der Waals surface area contributed by atoms with Crippen LogP contribution < -0.4 is 5.32 Å². The number of benzene rings is 1. The number of hydrogen-bond acceptors (Lipinski definition) is 5. The molecule has 0 spiro atoms. The predicted molar refractivity (Wildman–Crippen MR) is 112 cm³/mol. The zero-order valence-corrected chi connectivity index (χ0v) is 19.1. The highest BCUT2D eigenvalue weighted by Crippen LogP contribution is 2.23. The number of hydrogen-bond donors (Lipinski definition) is 1. The molecule has 1 aromatic carbocycles. The second-order valence-electron chi connectivity index (χ2n) is 7.27. The van der Waals surface area contributed by atoms with Crippen molar-refractivity contribution < 1.29 is 21.6 Å². The van der Waals surface area contributed by atoms with E-state index in [0.29, 0.717) is 26.1 Å². The van der Waals surface area contributed by atoms with Gasteiger partial charge in [-0.15, -0.1) is 0 Å². The minimum absolute atomic E-state index is 0.207. The SMILES string of the molecule is CCN(CC)S(=O)(=O)c1ccc([C@@H](C)NC(=O)[C@H]2CCCCN2S(C)(=O)=O)cc1. The van der Waals surface area contributed by atoms with E-state index in [-0.39, 0.29) is 16.8 Å². The molecule has 8 nitrogen and oxygen atoms in total. The highest BCUT2D eigenvalue weighted by molar-refractivity contribution is 7.89. The summed E-state index contributed by atoms with van der Waals surface area (Å²) in [6.45, 7) is 6.51. The van der Waals surface area contributed by atoms with Gasteiger partial charge in [-0.25, -0.2) is 16.8 Å². The molecule has 1 amide bonds. The van der Waals surface area contributed by atoms with Gasteiger partial charge in [0.2, 0.25) is 26.0 Å². The van der Waals surface area contributed by atoms with Crippen molar-refractivity contribution in [3.05, 3.63) is 29.8 Å². The molecule has 0 unspecified atom stereocenters. The van der Waals surface area contributed by atoms with Crippen molar-refractivity contribution in [3.8, 4) is 0 Å². The van der Waals surface area contributed by atoms with E-state index in [9.17, 15) is 21.6 Å². The van der Waals surface area contributed by atoms with E-state index >= 15 is 0 Å². The molecule has 10 heteroatoms. The number of amides is 1. The fourth-order valence-electron chi connectivity index (χ4n) is 3.60. The van der Waals surface area contributed by atoms with Gasteiger partial charge in [0.1, 0.15) is 6.04 Å². The summed E-state index contributed by atoms with van der Waals surface area (Å²) in [4.78, 5) is 12.9. The lowest BCUT2D eigenvalue weighted by atomic mass is 10.0. The van der Waals surface area contributed by atoms with Crippen LogP contribution in [0.3, 0.4) is 0 Å². The number of sulfonamides is 2. The van der Waals surface area contributed by atoms with Crippen LogP contribution in [0.1, 0.15) is 51.6 Å². The first kappa shape index (κ1) is 23.8. The summed E-state index contributed by atoms with van der Waals surface area (Å²) in [7, 11) is -6.99. The quantitative estimate of drug-likeness (QED) is 0.656. The summed E-state index contributed by atoms with van der Waals surface area (Å²) in [5.74, 6) is -0.331. The lowest BCUT2D eigenvalue weighted by Crippen LogP contribution is -2.51. The van der Waals surface area contributed by atoms with Gasteiger partial charge in [0.25, 0.3) is 0 Å². The fraction of sp³-hybridized carbons (Fsp3) is 0.632. The van der Waals surface area contributed by atoms with E-state index in [1.807, 2.05) is 0 Å². The molecule has 2 rings (SSSR count). The van der Waals surface area contributed by atoms with Crippen LogP contribution in [-0.2, 0) is 24.8 Å². The molecule has 1 aromatic rings. The molecule has 0 radical (unpaired) electrons. The Morgan fingerprint density at radius 3 is 2.24 bits per heavy atom. The van der Waals surface area contributed by atoms with Gasteiger partial charge in [-0.05, 0) is 37.5 Å². The number of piperidine rings is 1. The average Bonchev–Trinajstić information content (AvgIpc) is 2.68. The Hall–Kier alpha value is -1.49. The Morgan fingerprint density at radius 1 is 1.14 bits per heavy atom. The van der Waals surface area contributed by atoms with Crippen molar-refractivity contribution in [3.63, 3.8) is 0 Å². The first-order chi connectivity index (χ1) is 13.5. The highest BCUT2D eigenvalue weighted by atomic mass is 32.2. The van der Waals surface area contributed by atoms with E-state index < -0.39 is 26.1 Å². The van der Waals surface area contributed by atoms with Crippen LogP contribution in [0.2, 0.25) is 0 Å². The number of carbonyl (C=O) groups is 1. The van der Waals surface area contributed by atoms with Crippen LogP contribution >= 0.6 is 0 Å². The lowest BCUT2D eigenvalue weighted by molar-refractivity contribution is -0.126. The maximum absolute atomic E-state index is 12.7. The standard InChI is InChI=1S/C19H31N3O5S2/c1-5-21(6-2)29(26,27)17-12-10-16(11-13-17)15(3)20-19(23)18-9-7-8-14-22(18)28(4,24)25/h10-13,15,18H,5-9,14H2,1-4H3,(H,20,23)/t15-,18-/m1/s1. The van der Waals surface area contributed by atoms with Crippen molar-refractivity contribution in [2.75, 3.05) is 25.9 Å². The Labute approximate surface area is 174 Å². The molecule has 164 valence electrons. The number of rotatable bonds is 8. The third-order valence-corrected chi connectivity index (χ3v) is 8.62. The van der Waals surface area contributed by atoms with Gasteiger partial charge in [0, 0.05) is 19.6 Å². The van der Waals surface area contributed by atoms with Crippen LogP contribution in [0.4, 0.5) is 0 Å². The third-order valence-electron chi connectivity index (χ3n) is 5.26. The van der Waals surface area contributed by atoms with E-state index in [4.69, 9.17) is 0 Å². The average molecular weight is 446 g/mol. The molecular formula is C19H31N3O5S2. The zero-order valence-electron chi connectivity index (χ0n) is 17.5. The molecule has 0 aliphatic carbocycles. The molecule has 0 saturated carbocycles. The number of nitrogens with one attached hydrogen (secondary N) is 1. The van der Waals surface area contributed by atoms with Crippen molar-refractivity contribution >= 4 is 26.0 Å². The first-order valence-corrected chi connectivity index (χ1v) is 13.2. The van der Waals surface area contributed by atoms with Gasteiger partial charge in [-0.2, -0.15) is 8.61 Å². The molecule has 1 aliphatic rings. The monoisotopic (exact) mass is 445 g/mol. The minimum atomic E-state index is -3.53. The van der Waals surface area contributed by atoms with Gasteiger partial charge in [-0.1, -0.05) is 32.4 Å². The smallest absolute Gasteiger partial charge is 0.243 e. The summed E-state index contributed by atoms with van der Waals surface area (Å²) < 4.78 is 51.8. The van der Waals surface area contributed by atoms with Crippen molar-refractivity contribution in [1.82, 2.24) is 13.9 Å². The maximum Gasteiger partial charge on any atom is 0.243 e. The number of carbonyl (C=O) groups excluding carboxylic acids is 1. The van der Waals surface area contributed by atoms with E-state index in [1.54, 1.807) is 32.9 Å². The van der Waals surface area contributed by atoms with Gasteiger partial charge in [-0.3, -0.25) is 4.79 Å². The maximum atomic E-state index is 12.7. The molecule has 1 saturated heterocycles. The molecule has 1 aliphatic heterocycles. The van der Waals surface area contributed by atoms with Crippen LogP contribution in [0, 0.1) is 0 Å². The van der Waals surface area contributed by atoms with E-state index in [1.165, 1.54) is 20.7 Å². The van der Waals surface area contributed by atoms with Crippen LogP contribution in [-0.4, -0.2) is 63.3 Å². The molecule has 1 heterocycles. The van der Waals surface area contributed by atoms with Crippen molar-refractivity contribution in [1.29, 1.82) is 0 Å². The van der Waals surface area contributed by atoms with Gasteiger partial charge < -0.3 is 5.32 Å². The fourth-order valence-corrected chi connectivity index (χ4v) is 6.18. The second kappa shape index (κ2) is 9.55. The third kappa shape index (κ3) is 5.56. The van der Waals surface area contributed by atoms with Crippen LogP contribution in [0.5, 0.6) is 0 Å². The Balaban J connectivity index is 2.13. The number of nitrogens with zero attached hydrogens (tertiary/aromatic N) is 2. The Morgan fingerprint density at radius 2 is 1.72 bits per heavy atom. The summed E-state index contributed by atoms with van der Waals surface area (Å²) in [6, 6.07) is 5.34. The normalized spacial score (nSPS) is 19.8. The topological polar surface area (TPSA) is 104 Å². The van der Waals surface area contributed by atoms with Crippen LogP contribution in [0.15, 0.2) is 29.2 Å². The van der Waals surface area contributed by atoms with Gasteiger partial charge in [0.15, 0.2) is 0 Å². The van der Waals surface area contributed by atoms with Gasteiger partial charge >= 0.3 is 0 Å². The summed E-state index contributed by atoms with van der Waals surface area (Å²) in [5, 5.41) is 2.87. The summed E-state index contributed by atoms with van der Waals surface area (Å²) in [6.07, 6.45) is 3.16.